The van der Waals surface area contributed by atoms with Gasteiger partial charge in [-0.25, -0.2) is 4.99 Å². The summed E-state index contributed by atoms with van der Waals surface area (Å²) in [4.78, 5) is 4.90. The minimum atomic E-state index is 0.693. The van der Waals surface area contributed by atoms with E-state index < -0.39 is 0 Å². The van der Waals surface area contributed by atoms with Crippen LogP contribution in [-0.4, -0.2) is 31.0 Å². The number of rotatable bonds is 4. The first-order valence-corrected chi connectivity index (χ1v) is 8.11. The van der Waals surface area contributed by atoms with Crippen LogP contribution >= 0.6 is 0 Å². The predicted octanol–water partition coefficient (Wildman–Crippen LogP) is 4.04. The van der Waals surface area contributed by atoms with Crippen LogP contribution in [0, 0.1) is 0 Å². The summed E-state index contributed by atoms with van der Waals surface area (Å²) in [5, 5.41) is 3.44. The topological polar surface area (TPSA) is 47.8 Å². The lowest BCUT2D eigenvalue weighted by molar-refractivity contribution is 0.355. The van der Waals surface area contributed by atoms with Gasteiger partial charge in [0.25, 0.3) is 0 Å². The Hall–Kier alpha value is -3.21. The minimum absolute atomic E-state index is 0.693. The lowest BCUT2D eigenvalue weighted by Crippen LogP contribution is -2.18. The Bertz CT molecular complexity index is 929. The van der Waals surface area contributed by atoms with Gasteiger partial charge in [-0.15, -0.1) is 0 Å². The highest BCUT2D eigenvalue weighted by Crippen LogP contribution is 2.36. The SMILES string of the molecule is COc1ccc(-n2ccc3c2N=C(c2ccccc2)CN3)cc1OC. The zero-order valence-electron chi connectivity index (χ0n) is 14.2. The molecular weight excluding hydrogens is 314 g/mol. The van der Waals surface area contributed by atoms with Crippen LogP contribution in [0.15, 0.2) is 65.8 Å². The van der Waals surface area contributed by atoms with Crippen molar-refractivity contribution >= 4 is 17.2 Å². The van der Waals surface area contributed by atoms with E-state index in [9.17, 15) is 0 Å². The molecule has 0 atom stereocenters. The van der Waals surface area contributed by atoms with E-state index in [1.165, 1.54) is 0 Å². The number of aliphatic imine (C=N–C) groups is 1. The molecule has 25 heavy (non-hydrogen) atoms. The van der Waals surface area contributed by atoms with E-state index in [0.29, 0.717) is 18.0 Å². The van der Waals surface area contributed by atoms with Gasteiger partial charge in [0.2, 0.25) is 0 Å². The van der Waals surface area contributed by atoms with Crippen LogP contribution in [0.1, 0.15) is 5.56 Å². The lowest BCUT2D eigenvalue weighted by Gasteiger charge is -2.18. The summed E-state index contributed by atoms with van der Waals surface area (Å²) in [5.74, 6) is 2.29. The van der Waals surface area contributed by atoms with E-state index in [1.54, 1.807) is 14.2 Å². The zero-order chi connectivity index (χ0) is 17.2. The van der Waals surface area contributed by atoms with Crippen molar-refractivity contribution < 1.29 is 9.47 Å². The van der Waals surface area contributed by atoms with Gasteiger partial charge in [0, 0.05) is 12.3 Å². The quantitative estimate of drug-likeness (QED) is 0.784. The minimum Gasteiger partial charge on any atom is -0.493 e. The summed E-state index contributed by atoms with van der Waals surface area (Å²) >= 11 is 0. The summed E-state index contributed by atoms with van der Waals surface area (Å²) in [5.41, 5.74) is 4.14. The smallest absolute Gasteiger partial charge is 0.162 e. The Morgan fingerprint density at radius 1 is 0.960 bits per heavy atom. The van der Waals surface area contributed by atoms with Gasteiger partial charge in [0.15, 0.2) is 17.3 Å². The van der Waals surface area contributed by atoms with E-state index >= 15 is 0 Å². The van der Waals surface area contributed by atoms with Crippen molar-refractivity contribution in [3.8, 4) is 17.2 Å². The van der Waals surface area contributed by atoms with Crippen LogP contribution in [0.2, 0.25) is 0 Å². The van der Waals surface area contributed by atoms with Gasteiger partial charge in [-0.3, -0.25) is 4.57 Å². The van der Waals surface area contributed by atoms with Gasteiger partial charge in [0.05, 0.1) is 37.9 Å². The second-order valence-electron chi connectivity index (χ2n) is 5.74. The molecule has 0 amide bonds. The number of aromatic nitrogens is 1. The van der Waals surface area contributed by atoms with Crippen LogP contribution < -0.4 is 14.8 Å². The summed E-state index contributed by atoms with van der Waals surface area (Å²) in [6.07, 6.45) is 2.01. The molecule has 1 aliphatic heterocycles. The van der Waals surface area contributed by atoms with E-state index in [2.05, 4.69) is 17.4 Å². The second-order valence-corrected chi connectivity index (χ2v) is 5.74. The highest BCUT2D eigenvalue weighted by atomic mass is 16.5. The molecule has 2 heterocycles. The maximum Gasteiger partial charge on any atom is 0.162 e. The second kappa shape index (κ2) is 6.36. The first kappa shape index (κ1) is 15.3. The molecule has 4 rings (SSSR count). The average Bonchev–Trinajstić information content (AvgIpc) is 3.11. The number of hydrogen-bond acceptors (Lipinski definition) is 4. The number of methoxy groups -OCH3 is 2. The number of nitrogens with zero attached hydrogens (tertiary/aromatic N) is 2. The molecule has 1 aromatic heterocycles. The van der Waals surface area contributed by atoms with Crippen molar-refractivity contribution in [3.63, 3.8) is 0 Å². The van der Waals surface area contributed by atoms with Gasteiger partial charge < -0.3 is 14.8 Å². The van der Waals surface area contributed by atoms with Crippen LogP contribution in [0.25, 0.3) is 5.69 Å². The monoisotopic (exact) mass is 333 g/mol. The molecule has 1 aliphatic rings. The molecule has 0 bridgehead atoms. The summed E-state index contributed by atoms with van der Waals surface area (Å²) < 4.78 is 12.8. The Morgan fingerprint density at radius 3 is 2.52 bits per heavy atom. The molecule has 0 fully saturated rings. The molecule has 5 nitrogen and oxygen atoms in total. The average molecular weight is 333 g/mol. The number of benzene rings is 2. The standard InChI is InChI=1S/C20H19N3O2/c1-24-18-9-8-15(12-19(18)25-2)23-11-10-16-20(23)22-17(13-21-16)14-6-4-3-5-7-14/h3-12,21H,13H2,1-2H3. The third-order valence-corrected chi connectivity index (χ3v) is 4.30. The first-order valence-electron chi connectivity index (χ1n) is 8.11. The van der Waals surface area contributed by atoms with Crippen molar-refractivity contribution in [2.24, 2.45) is 4.99 Å². The van der Waals surface area contributed by atoms with Crippen LogP contribution in [0.3, 0.4) is 0 Å². The molecule has 2 aromatic carbocycles. The molecule has 0 saturated carbocycles. The van der Waals surface area contributed by atoms with E-state index in [0.717, 1.165) is 28.5 Å². The van der Waals surface area contributed by atoms with Crippen molar-refractivity contribution in [3.05, 3.63) is 66.4 Å². The normalized spacial score (nSPS) is 12.8. The van der Waals surface area contributed by atoms with E-state index in [1.807, 2.05) is 53.2 Å². The first-order chi connectivity index (χ1) is 12.3. The lowest BCUT2D eigenvalue weighted by atomic mass is 10.1. The maximum atomic E-state index is 5.42. The Morgan fingerprint density at radius 2 is 1.76 bits per heavy atom. The third kappa shape index (κ3) is 2.74. The Kier molecular flexibility index (Phi) is 3.90. The summed E-state index contributed by atoms with van der Waals surface area (Å²) in [7, 11) is 3.27. The molecule has 1 N–H and O–H groups in total. The summed E-state index contributed by atoms with van der Waals surface area (Å²) in [6, 6.07) is 18.1. The van der Waals surface area contributed by atoms with Gasteiger partial charge in [-0.05, 0) is 23.8 Å². The molecule has 0 radical (unpaired) electrons. The molecule has 0 saturated heterocycles. The van der Waals surface area contributed by atoms with Gasteiger partial charge in [0.1, 0.15) is 0 Å². The Balaban J connectivity index is 1.78. The third-order valence-electron chi connectivity index (χ3n) is 4.30. The number of fused-ring (bicyclic) bond motifs is 1. The van der Waals surface area contributed by atoms with E-state index in [4.69, 9.17) is 14.5 Å². The fraction of sp³-hybridized carbons (Fsp3) is 0.150. The summed E-state index contributed by atoms with van der Waals surface area (Å²) in [6.45, 7) is 0.715. The highest BCUT2D eigenvalue weighted by molar-refractivity contribution is 6.07. The van der Waals surface area contributed by atoms with Gasteiger partial charge in [-0.1, -0.05) is 30.3 Å². The molecule has 5 heteroatoms. The van der Waals surface area contributed by atoms with E-state index in [-0.39, 0.29) is 0 Å². The molecule has 126 valence electrons. The number of nitrogens with one attached hydrogen (secondary N) is 1. The van der Waals surface area contributed by atoms with Crippen molar-refractivity contribution in [2.75, 3.05) is 26.1 Å². The molecule has 3 aromatic rings. The fourth-order valence-electron chi connectivity index (χ4n) is 3.00. The molecular formula is C20H19N3O2. The van der Waals surface area contributed by atoms with Crippen LogP contribution in [0.5, 0.6) is 11.5 Å². The number of hydrogen-bond donors (Lipinski definition) is 1. The fourth-order valence-corrected chi connectivity index (χ4v) is 3.00. The highest BCUT2D eigenvalue weighted by Gasteiger charge is 2.18. The maximum absolute atomic E-state index is 5.42. The molecule has 0 aliphatic carbocycles. The largest absolute Gasteiger partial charge is 0.493 e. The Labute approximate surface area is 146 Å². The van der Waals surface area contributed by atoms with Crippen molar-refractivity contribution in [1.82, 2.24) is 4.57 Å². The van der Waals surface area contributed by atoms with Crippen LogP contribution in [0.4, 0.5) is 11.5 Å². The number of anilines is 1. The van der Waals surface area contributed by atoms with Crippen molar-refractivity contribution in [1.29, 1.82) is 0 Å². The van der Waals surface area contributed by atoms with Crippen LogP contribution in [-0.2, 0) is 0 Å². The van der Waals surface area contributed by atoms with Gasteiger partial charge >= 0.3 is 0 Å². The molecule has 0 spiro atoms. The molecule has 0 unspecified atom stereocenters. The number of ether oxygens (including phenoxy) is 2. The van der Waals surface area contributed by atoms with Gasteiger partial charge in [-0.2, -0.15) is 0 Å². The predicted molar refractivity (Wildman–Crippen MR) is 100 cm³/mol. The zero-order valence-corrected chi connectivity index (χ0v) is 14.2. The van der Waals surface area contributed by atoms with Crippen molar-refractivity contribution in [2.45, 2.75) is 0 Å².